The minimum Gasteiger partial charge on any atom is -0.387 e. The van der Waals surface area contributed by atoms with Crippen molar-refractivity contribution in [3.05, 3.63) is 0 Å². The average molecular weight is 349 g/mol. The van der Waals surface area contributed by atoms with Gasteiger partial charge in [-0.25, -0.2) is 0 Å². The summed E-state index contributed by atoms with van der Waals surface area (Å²) in [7, 11) is 1.70. The fourth-order valence-electron chi connectivity index (χ4n) is 8.03. The van der Waals surface area contributed by atoms with Gasteiger partial charge in [0.2, 0.25) is 0 Å². The number of fused-ring (bicyclic) bond motifs is 5. The van der Waals surface area contributed by atoms with E-state index in [1.807, 2.05) is 6.92 Å². The van der Waals surface area contributed by atoms with E-state index >= 15 is 0 Å². The molecule has 3 heteroatoms. The van der Waals surface area contributed by atoms with Gasteiger partial charge < -0.3 is 9.84 Å². The summed E-state index contributed by atoms with van der Waals surface area (Å²) in [6.45, 7) is 4.74. The van der Waals surface area contributed by atoms with Crippen molar-refractivity contribution in [2.75, 3.05) is 13.7 Å². The summed E-state index contributed by atoms with van der Waals surface area (Å²) in [6.07, 6.45) is 10.6. The Morgan fingerprint density at radius 1 is 1.04 bits per heavy atom. The monoisotopic (exact) mass is 348 g/mol. The van der Waals surface area contributed by atoms with Crippen molar-refractivity contribution in [3.8, 4) is 0 Å². The Bertz CT molecular complexity index is 531. The van der Waals surface area contributed by atoms with Crippen molar-refractivity contribution in [1.82, 2.24) is 0 Å². The van der Waals surface area contributed by atoms with Crippen molar-refractivity contribution in [3.63, 3.8) is 0 Å². The van der Waals surface area contributed by atoms with Gasteiger partial charge in [-0.3, -0.25) is 4.79 Å². The van der Waals surface area contributed by atoms with Gasteiger partial charge in [0.05, 0.1) is 12.2 Å². The Morgan fingerprint density at radius 3 is 2.52 bits per heavy atom. The number of Topliss-reactive ketones (excluding diaryl/α,β-unsaturated/α-hetero) is 1. The first-order valence-electron chi connectivity index (χ1n) is 10.6. The Kier molecular flexibility index (Phi) is 4.56. The Labute approximate surface area is 152 Å². The number of hydrogen-bond acceptors (Lipinski definition) is 3. The summed E-state index contributed by atoms with van der Waals surface area (Å²) in [5.74, 6) is 4.67. The van der Waals surface area contributed by atoms with Gasteiger partial charge in [0.1, 0.15) is 5.78 Å². The van der Waals surface area contributed by atoms with Crippen LogP contribution in [-0.4, -0.2) is 30.2 Å². The van der Waals surface area contributed by atoms with Crippen LogP contribution in [0.15, 0.2) is 0 Å². The highest BCUT2D eigenvalue weighted by Gasteiger charge is 2.58. The maximum Gasteiger partial charge on any atom is 0.133 e. The highest BCUT2D eigenvalue weighted by atomic mass is 16.5. The molecule has 0 aliphatic heterocycles. The first kappa shape index (κ1) is 18.0. The third-order valence-corrected chi connectivity index (χ3v) is 9.01. The van der Waals surface area contributed by atoms with Gasteiger partial charge in [0, 0.05) is 13.0 Å². The molecule has 0 saturated heterocycles. The second-order valence-electron chi connectivity index (χ2n) is 10.1. The lowest BCUT2D eigenvalue weighted by Crippen LogP contribution is -2.52. The molecule has 25 heavy (non-hydrogen) atoms. The molecule has 1 N–H and O–H groups in total. The maximum atomic E-state index is 12.2. The zero-order valence-corrected chi connectivity index (χ0v) is 16.3. The molecule has 0 bridgehead atoms. The summed E-state index contributed by atoms with van der Waals surface area (Å²) < 4.78 is 5.29. The summed E-state index contributed by atoms with van der Waals surface area (Å²) in [6, 6.07) is 0. The van der Waals surface area contributed by atoms with E-state index in [4.69, 9.17) is 4.74 Å². The van der Waals surface area contributed by atoms with E-state index in [2.05, 4.69) is 6.92 Å². The number of carbonyl (C=O) groups excluding carboxylic acids is 1. The molecule has 142 valence electrons. The van der Waals surface area contributed by atoms with Crippen molar-refractivity contribution in [1.29, 1.82) is 0 Å². The first-order valence-corrected chi connectivity index (χ1v) is 10.6. The van der Waals surface area contributed by atoms with Crippen LogP contribution in [-0.2, 0) is 9.53 Å². The molecule has 3 nitrogen and oxygen atoms in total. The fourth-order valence-corrected chi connectivity index (χ4v) is 8.03. The third kappa shape index (κ3) is 2.81. The largest absolute Gasteiger partial charge is 0.387 e. The molecule has 0 aromatic rings. The van der Waals surface area contributed by atoms with Crippen LogP contribution in [0.1, 0.15) is 71.6 Å². The molecular formula is C22H36O3. The predicted octanol–water partition coefficient (Wildman–Crippen LogP) is 4.22. The molecular weight excluding hydrogens is 312 g/mol. The average Bonchev–Trinajstić information content (AvgIpc) is 2.91. The van der Waals surface area contributed by atoms with Gasteiger partial charge >= 0.3 is 0 Å². The maximum absolute atomic E-state index is 12.2. The van der Waals surface area contributed by atoms with Crippen LogP contribution in [0.2, 0.25) is 0 Å². The molecule has 0 heterocycles. The van der Waals surface area contributed by atoms with Gasteiger partial charge in [0.25, 0.3) is 0 Å². The standard InChI is InChI=1S/C22H36O3/c1-14(23)19-6-7-20-18-5-4-15-12-22(24,13-25-3)11-9-16(15)17(18)8-10-21(19,20)2/h15-20,24H,4-13H2,1-3H3/t15-,16-,17+,18+,19+,20-,21?,22+/m0/s1. The van der Waals surface area contributed by atoms with Crippen molar-refractivity contribution in [2.24, 2.45) is 40.9 Å². The lowest BCUT2D eigenvalue weighted by molar-refractivity contribution is -0.134. The molecule has 0 spiro atoms. The smallest absolute Gasteiger partial charge is 0.133 e. The van der Waals surface area contributed by atoms with Crippen LogP contribution < -0.4 is 0 Å². The fraction of sp³-hybridized carbons (Fsp3) is 0.955. The zero-order chi connectivity index (χ0) is 17.8. The molecule has 0 radical (unpaired) electrons. The molecule has 1 unspecified atom stereocenters. The number of hydrogen-bond donors (Lipinski definition) is 1. The third-order valence-electron chi connectivity index (χ3n) is 9.01. The van der Waals surface area contributed by atoms with Crippen molar-refractivity contribution in [2.45, 2.75) is 77.2 Å². The quantitative estimate of drug-likeness (QED) is 0.830. The highest BCUT2D eigenvalue weighted by Crippen LogP contribution is 2.64. The Morgan fingerprint density at radius 2 is 1.80 bits per heavy atom. The molecule has 0 aromatic carbocycles. The summed E-state index contributed by atoms with van der Waals surface area (Å²) in [4.78, 5) is 12.2. The van der Waals surface area contributed by atoms with Gasteiger partial charge in [0.15, 0.2) is 0 Å². The van der Waals surface area contributed by atoms with Crippen molar-refractivity contribution >= 4 is 5.78 Å². The molecule has 4 aliphatic carbocycles. The number of ketones is 1. The van der Waals surface area contributed by atoms with E-state index in [1.165, 1.54) is 38.5 Å². The van der Waals surface area contributed by atoms with Gasteiger partial charge in [-0.2, -0.15) is 0 Å². The number of carbonyl (C=O) groups is 1. The van der Waals surface area contributed by atoms with Crippen LogP contribution >= 0.6 is 0 Å². The minimum absolute atomic E-state index is 0.269. The van der Waals surface area contributed by atoms with E-state index in [9.17, 15) is 9.90 Å². The number of aliphatic hydroxyl groups is 1. The molecule has 0 aromatic heterocycles. The molecule has 8 atom stereocenters. The second-order valence-corrected chi connectivity index (χ2v) is 10.1. The Balaban J connectivity index is 1.51. The van der Waals surface area contributed by atoms with Crippen LogP contribution in [0.5, 0.6) is 0 Å². The van der Waals surface area contributed by atoms with Gasteiger partial charge in [-0.1, -0.05) is 6.92 Å². The molecule has 4 rings (SSSR count). The number of ether oxygens (including phenoxy) is 1. The molecule has 4 saturated carbocycles. The topological polar surface area (TPSA) is 46.5 Å². The lowest BCUT2D eigenvalue weighted by atomic mass is 9.49. The number of methoxy groups -OCH3 is 1. The lowest BCUT2D eigenvalue weighted by Gasteiger charge is -2.57. The molecule has 4 fully saturated rings. The van der Waals surface area contributed by atoms with Crippen LogP contribution in [0, 0.1) is 40.9 Å². The zero-order valence-electron chi connectivity index (χ0n) is 16.3. The SMILES string of the molecule is COC[C@@]1(O)CC[C@H]2[C@@H](CC[C@@H]3[C@@H]2CCC2(C)[C@@H](C(C)=O)CC[C@@H]32)C1. The highest BCUT2D eigenvalue weighted by molar-refractivity contribution is 5.79. The summed E-state index contributed by atoms with van der Waals surface area (Å²) >= 11 is 0. The summed E-state index contributed by atoms with van der Waals surface area (Å²) in [5.41, 5.74) is -0.315. The van der Waals surface area contributed by atoms with E-state index < -0.39 is 5.60 Å². The van der Waals surface area contributed by atoms with E-state index in [1.54, 1.807) is 7.11 Å². The van der Waals surface area contributed by atoms with Gasteiger partial charge in [-0.15, -0.1) is 0 Å². The van der Waals surface area contributed by atoms with Crippen LogP contribution in [0.4, 0.5) is 0 Å². The Hall–Kier alpha value is -0.410. The molecule has 0 amide bonds. The van der Waals surface area contributed by atoms with E-state index in [0.717, 1.165) is 42.9 Å². The van der Waals surface area contributed by atoms with E-state index in [-0.39, 0.29) is 5.41 Å². The normalized spacial score (nSPS) is 52.2. The van der Waals surface area contributed by atoms with Crippen molar-refractivity contribution < 1.29 is 14.6 Å². The molecule has 4 aliphatic rings. The van der Waals surface area contributed by atoms with Crippen LogP contribution in [0.3, 0.4) is 0 Å². The van der Waals surface area contributed by atoms with Gasteiger partial charge in [-0.05, 0) is 99.7 Å². The first-order chi connectivity index (χ1) is 11.9. The predicted molar refractivity (Wildman–Crippen MR) is 98.1 cm³/mol. The van der Waals surface area contributed by atoms with E-state index in [0.29, 0.717) is 24.2 Å². The summed E-state index contributed by atoms with van der Waals surface area (Å²) in [5, 5.41) is 10.8. The van der Waals surface area contributed by atoms with Crippen LogP contribution in [0.25, 0.3) is 0 Å². The second kappa shape index (κ2) is 6.34. The number of rotatable bonds is 3. The minimum atomic E-state index is -0.584.